The van der Waals surface area contributed by atoms with E-state index in [0.717, 1.165) is 89.9 Å². The van der Waals surface area contributed by atoms with E-state index in [-0.39, 0.29) is 49.1 Å². The number of unbranched alkanes of at least 4 members (excludes halogenated alkanes) is 13. The molecule has 0 N–H and O–H groups in total. The largest absolute Gasteiger partial charge is 0.544 e. The van der Waals surface area contributed by atoms with Gasteiger partial charge >= 0.3 is 11.9 Å². The van der Waals surface area contributed by atoms with Crippen molar-refractivity contribution in [3.63, 3.8) is 0 Å². The number of quaternary nitrogens is 1. The van der Waals surface area contributed by atoms with Gasteiger partial charge in [-0.05, 0) is 89.9 Å². The number of carboxylic acids is 1. The first-order valence-electron chi connectivity index (χ1n) is 24.8. The van der Waals surface area contributed by atoms with E-state index in [4.69, 9.17) is 14.2 Å². The molecule has 0 bridgehead atoms. The molecule has 0 spiro atoms. The van der Waals surface area contributed by atoms with Gasteiger partial charge in [0.2, 0.25) is 0 Å². The Morgan fingerprint density at radius 3 is 1.25 bits per heavy atom. The Hall–Kier alpha value is -3.75. The van der Waals surface area contributed by atoms with Gasteiger partial charge in [-0.25, -0.2) is 0 Å². The highest BCUT2D eigenvalue weighted by molar-refractivity contribution is 5.70. The average molecular weight is 878 g/mol. The monoisotopic (exact) mass is 878 g/mol. The number of carboxylic acid groups (broad SMARTS) is 1. The summed E-state index contributed by atoms with van der Waals surface area (Å²) >= 11 is 0. The number of hydrogen-bond acceptors (Lipinski definition) is 7. The van der Waals surface area contributed by atoms with Gasteiger partial charge in [0.25, 0.3) is 0 Å². The van der Waals surface area contributed by atoms with E-state index in [1.54, 1.807) is 21.1 Å². The Kier molecular flexibility index (Phi) is 42.2. The zero-order valence-corrected chi connectivity index (χ0v) is 40.7. The molecule has 0 saturated heterocycles. The maximum Gasteiger partial charge on any atom is 0.306 e. The van der Waals surface area contributed by atoms with E-state index < -0.39 is 18.1 Å². The lowest BCUT2D eigenvalue weighted by atomic mass is 10.1. The molecule has 0 radical (unpaired) electrons. The quantitative estimate of drug-likeness (QED) is 0.0260. The molecule has 0 amide bonds. The van der Waals surface area contributed by atoms with Crippen LogP contribution in [0.25, 0.3) is 0 Å². The lowest BCUT2D eigenvalue weighted by Gasteiger charge is -2.34. The van der Waals surface area contributed by atoms with Crippen molar-refractivity contribution in [2.24, 2.45) is 0 Å². The third-order valence-electron chi connectivity index (χ3n) is 10.5. The van der Waals surface area contributed by atoms with Crippen molar-refractivity contribution in [2.45, 2.75) is 193 Å². The Morgan fingerprint density at radius 2 is 0.841 bits per heavy atom. The van der Waals surface area contributed by atoms with Gasteiger partial charge in [0.15, 0.2) is 6.10 Å². The highest BCUT2D eigenvalue weighted by atomic mass is 16.6. The molecule has 358 valence electrons. The van der Waals surface area contributed by atoms with Crippen LogP contribution in [0, 0.1) is 0 Å². The number of aliphatic carboxylic acids is 1. The third kappa shape index (κ3) is 43.3. The van der Waals surface area contributed by atoms with E-state index in [1.165, 1.54) is 51.4 Å². The molecule has 0 saturated carbocycles. The number of allylic oxidation sites excluding steroid dienone is 16. The molecule has 0 aliphatic rings. The highest BCUT2D eigenvalue weighted by Crippen LogP contribution is 2.14. The van der Waals surface area contributed by atoms with Gasteiger partial charge in [-0.3, -0.25) is 9.59 Å². The predicted molar refractivity (Wildman–Crippen MR) is 263 cm³/mol. The van der Waals surface area contributed by atoms with Gasteiger partial charge in [0.05, 0.1) is 40.3 Å². The van der Waals surface area contributed by atoms with Crippen molar-refractivity contribution < 1.29 is 38.2 Å². The molecule has 0 aromatic rings. The molecule has 63 heavy (non-hydrogen) atoms. The second-order valence-electron chi connectivity index (χ2n) is 17.3. The number of likely N-dealkylation sites (N-methyl/N-ethyl adjacent to an activating group) is 1. The molecule has 0 aromatic carbocycles. The van der Waals surface area contributed by atoms with Crippen molar-refractivity contribution in [1.29, 1.82) is 0 Å². The first-order chi connectivity index (χ1) is 30.6. The fraction of sp³-hybridized carbons (Fsp3) is 0.655. The lowest BCUT2D eigenvalue weighted by molar-refractivity contribution is -0.889. The number of carbonyl (C=O) groups excluding carboxylic acids is 3. The van der Waals surface area contributed by atoms with E-state index >= 15 is 0 Å². The topological polar surface area (TPSA) is 102 Å². The molecule has 0 rings (SSSR count). The molecule has 0 aromatic heterocycles. The third-order valence-corrected chi connectivity index (χ3v) is 10.5. The van der Waals surface area contributed by atoms with Crippen LogP contribution in [0.3, 0.4) is 0 Å². The Labute approximate surface area is 386 Å². The second kappa shape index (κ2) is 44.8. The van der Waals surface area contributed by atoms with Gasteiger partial charge in [0, 0.05) is 19.3 Å². The molecule has 0 aliphatic heterocycles. The van der Waals surface area contributed by atoms with E-state index in [9.17, 15) is 19.5 Å². The molecule has 8 heteroatoms. The molecule has 0 heterocycles. The normalized spacial score (nSPS) is 13.7. The van der Waals surface area contributed by atoms with E-state index in [0.29, 0.717) is 12.8 Å². The number of nitrogens with zero attached hydrogens (tertiary/aromatic N) is 1. The maximum atomic E-state index is 12.7. The summed E-state index contributed by atoms with van der Waals surface area (Å²) in [5.74, 6) is -1.79. The molecular formula is C55H91NO7. The number of hydrogen-bond donors (Lipinski definition) is 0. The summed E-state index contributed by atoms with van der Waals surface area (Å²) in [6, 6.07) is -0.738. The Balaban J connectivity index is 4.30. The smallest absolute Gasteiger partial charge is 0.306 e. The van der Waals surface area contributed by atoms with Crippen LogP contribution in [0.1, 0.15) is 181 Å². The van der Waals surface area contributed by atoms with Crippen LogP contribution in [0.2, 0.25) is 0 Å². The SMILES string of the molecule is CC/C=C/C/C=C/C/C=C/C/C=C/CCCCCCCCCCCCC(=O)OCC(COCCC(C(=O)[O-])[N+](C)(C)C)OC(=O)CCCCC/C=C/C/C=C/C/C=C/C/C=C/CC. The summed E-state index contributed by atoms with van der Waals surface area (Å²) in [7, 11) is 5.39. The van der Waals surface area contributed by atoms with Gasteiger partial charge in [0.1, 0.15) is 12.6 Å². The zero-order chi connectivity index (χ0) is 46.3. The molecule has 0 fully saturated rings. The maximum absolute atomic E-state index is 12.7. The molecule has 2 atom stereocenters. The summed E-state index contributed by atoms with van der Waals surface area (Å²) in [5, 5.41) is 11.7. The Morgan fingerprint density at radius 1 is 0.476 bits per heavy atom. The number of carbonyl (C=O) groups is 3. The van der Waals surface area contributed by atoms with Crippen LogP contribution in [0.15, 0.2) is 97.2 Å². The lowest BCUT2D eigenvalue weighted by Crippen LogP contribution is -2.55. The number of ether oxygens (including phenoxy) is 3. The van der Waals surface area contributed by atoms with Gasteiger partial charge in [-0.2, -0.15) is 0 Å². The minimum atomic E-state index is -1.13. The average Bonchev–Trinajstić information content (AvgIpc) is 3.24. The minimum Gasteiger partial charge on any atom is -0.544 e. The molecule has 2 unspecified atom stereocenters. The van der Waals surface area contributed by atoms with Gasteiger partial charge in [-0.15, -0.1) is 0 Å². The van der Waals surface area contributed by atoms with Crippen molar-refractivity contribution in [2.75, 3.05) is 41.0 Å². The van der Waals surface area contributed by atoms with Crippen molar-refractivity contribution in [3.05, 3.63) is 97.2 Å². The van der Waals surface area contributed by atoms with E-state index in [1.807, 2.05) is 0 Å². The summed E-state index contributed by atoms with van der Waals surface area (Å²) < 4.78 is 17.2. The first kappa shape index (κ1) is 59.2. The fourth-order valence-corrected chi connectivity index (χ4v) is 6.70. The zero-order valence-electron chi connectivity index (χ0n) is 40.7. The number of rotatable bonds is 43. The first-order valence-corrected chi connectivity index (χ1v) is 24.8. The van der Waals surface area contributed by atoms with E-state index in [2.05, 4.69) is 111 Å². The van der Waals surface area contributed by atoms with Crippen LogP contribution in [-0.4, -0.2) is 75.5 Å². The summed E-state index contributed by atoms with van der Waals surface area (Å²) in [4.78, 5) is 37.0. The highest BCUT2D eigenvalue weighted by Gasteiger charge is 2.25. The molecular weight excluding hydrogens is 787 g/mol. The van der Waals surface area contributed by atoms with Crippen LogP contribution in [0.4, 0.5) is 0 Å². The number of esters is 2. The summed E-state index contributed by atoms with van der Waals surface area (Å²) in [6.07, 6.45) is 60.1. The summed E-state index contributed by atoms with van der Waals surface area (Å²) in [5.41, 5.74) is 0. The van der Waals surface area contributed by atoms with Gasteiger partial charge in [-0.1, -0.05) is 169 Å². The van der Waals surface area contributed by atoms with Crippen LogP contribution < -0.4 is 5.11 Å². The van der Waals surface area contributed by atoms with Crippen LogP contribution in [-0.2, 0) is 28.6 Å². The standard InChI is InChI=1S/C55H91NO7/c1-6-8-10-12-14-16-18-20-22-24-25-26-27-28-29-30-32-33-35-37-39-41-43-45-53(57)62-50-51(49-61-48-47-52(55(59)60)56(3,4)5)63-54(58)46-44-42-40-38-36-34-31-23-21-19-17-15-13-11-9-7-2/h8-11,14-17,20-23,25-26,34,36,51-52H,6-7,12-13,18-19,24,27-33,35,37-50H2,1-5H3/b10-8+,11-9+,16-14+,17-15+,22-20+,23-21+,26-25+,36-34+. The van der Waals surface area contributed by atoms with Crippen LogP contribution >= 0.6 is 0 Å². The second-order valence-corrected chi connectivity index (χ2v) is 17.3. The van der Waals surface area contributed by atoms with Crippen molar-refractivity contribution in [1.82, 2.24) is 0 Å². The fourth-order valence-electron chi connectivity index (χ4n) is 6.70. The molecule has 0 aliphatic carbocycles. The summed E-state index contributed by atoms with van der Waals surface area (Å²) in [6.45, 7) is 4.39. The molecule has 8 nitrogen and oxygen atoms in total. The minimum absolute atomic E-state index is 0.0209. The van der Waals surface area contributed by atoms with Crippen LogP contribution in [0.5, 0.6) is 0 Å². The van der Waals surface area contributed by atoms with Gasteiger partial charge < -0.3 is 28.6 Å². The van der Waals surface area contributed by atoms with Crippen molar-refractivity contribution in [3.8, 4) is 0 Å². The van der Waals surface area contributed by atoms with Crippen molar-refractivity contribution >= 4 is 17.9 Å². The Bertz CT molecular complexity index is 1350. The predicted octanol–water partition coefficient (Wildman–Crippen LogP) is 12.9.